The number of aryl methyl sites for hydroxylation is 1. The first-order chi connectivity index (χ1) is 26.0. The molecule has 0 bridgehead atoms. The van der Waals surface area contributed by atoms with Gasteiger partial charge in [-0.05, 0) is 61.0 Å². The molecule has 4 aromatic carbocycles. The van der Waals surface area contributed by atoms with E-state index in [4.69, 9.17) is 4.74 Å². The predicted octanol–water partition coefficient (Wildman–Crippen LogP) is 7.02. The predicted molar refractivity (Wildman–Crippen MR) is 203 cm³/mol. The highest BCUT2D eigenvalue weighted by Crippen LogP contribution is 2.60. The number of fused-ring (bicyclic) bond motifs is 2. The molecule has 5 aromatic rings. The Kier molecular flexibility index (Phi) is 10.0. The van der Waals surface area contributed by atoms with E-state index in [2.05, 4.69) is 10.3 Å². The fourth-order valence-corrected chi connectivity index (χ4v) is 10.8. The maximum absolute atomic E-state index is 16.4. The van der Waals surface area contributed by atoms with Crippen LogP contribution in [0, 0.1) is 16.0 Å². The van der Waals surface area contributed by atoms with Crippen LogP contribution in [0.5, 0.6) is 0 Å². The lowest BCUT2D eigenvalue weighted by Crippen LogP contribution is -2.45. The molecular formula is C40H41FN6O6Si. The number of non-ortho nitro benzene ring substituents is 1. The van der Waals surface area contributed by atoms with Crippen molar-refractivity contribution in [2.45, 2.75) is 62.7 Å². The van der Waals surface area contributed by atoms with Crippen molar-refractivity contribution in [1.29, 1.82) is 0 Å². The van der Waals surface area contributed by atoms with Gasteiger partial charge in [0.1, 0.15) is 0 Å². The van der Waals surface area contributed by atoms with Gasteiger partial charge in [0.15, 0.2) is 5.60 Å². The third-order valence-electron chi connectivity index (χ3n) is 10.8. The van der Waals surface area contributed by atoms with E-state index in [1.165, 1.54) is 17.0 Å². The highest BCUT2D eigenvalue weighted by molar-refractivity contribution is 6.72. The van der Waals surface area contributed by atoms with Crippen LogP contribution in [-0.4, -0.2) is 58.5 Å². The summed E-state index contributed by atoms with van der Waals surface area (Å²) in [5.41, 5.74) is 1.93. The highest BCUT2D eigenvalue weighted by Gasteiger charge is 2.66. The average molecular weight is 749 g/mol. The number of aliphatic hydroxyl groups is 1. The van der Waals surface area contributed by atoms with Crippen molar-refractivity contribution in [3.05, 3.63) is 142 Å². The number of halogens is 1. The average Bonchev–Trinajstić information content (AvgIpc) is 3.83. The van der Waals surface area contributed by atoms with Crippen molar-refractivity contribution in [1.82, 2.24) is 15.0 Å². The number of benzene rings is 4. The van der Waals surface area contributed by atoms with Gasteiger partial charge in [0, 0.05) is 53.3 Å². The zero-order chi connectivity index (χ0) is 38.2. The lowest BCUT2D eigenvalue weighted by molar-refractivity contribution is -0.385. The van der Waals surface area contributed by atoms with Crippen LogP contribution in [0.25, 0.3) is 0 Å². The van der Waals surface area contributed by atoms with Gasteiger partial charge in [0.25, 0.3) is 11.6 Å². The molecule has 1 unspecified atom stereocenters. The molecule has 1 aromatic heterocycles. The number of hydrogen-bond acceptors (Lipinski definition) is 8. The molecule has 0 radical (unpaired) electrons. The Hall–Kier alpha value is -5.57. The number of rotatable bonds is 13. The fraction of sp³-hybridized carbons (Fsp3) is 0.300. The molecule has 14 heteroatoms. The molecule has 1 fully saturated rings. The Morgan fingerprint density at radius 1 is 1.04 bits per heavy atom. The van der Waals surface area contributed by atoms with E-state index < -0.39 is 42.4 Å². The van der Waals surface area contributed by atoms with E-state index in [0.29, 0.717) is 41.3 Å². The largest absolute Gasteiger partial charge is 0.395 e. The number of amides is 2. The first-order valence-corrected chi connectivity index (χ1v) is 20.8. The standard InChI is InChI=1S/C40H41FN6O6Si/c1-27-38(54(2,3)41)37(20-21-44-24-35(42-43-44)33(25-48)29-10-6-4-7-11-29)53-40(27)34-22-32(47(51)52)18-19-36(34)45(39(40)50)23-28-14-16-31(17-15-28)46(26-49)30-12-8-5-9-13-30/h4-19,22,24,26-27,33,37-38,48H,20-21,23,25H2,1-3H3/t27-,33?,37+,38-,40+/m0/s1. The van der Waals surface area contributed by atoms with Crippen molar-refractivity contribution < 1.29 is 28.5 Å². The van der Waals surface area contributed by atoms with Gasteiger partial charge in [-0.3, -0.25) is 29.3 Å². The SMILES string of the molecule is C[C@H]1[C@H]([Si](C)(C)F)[C@@H](CCn2cc(C(CO)c3ccccc3)nn2)O[C@]12C(=O)N(Cc1ccc(N(C=O)c3ccccc3)cc1)c1ccc([N+](=O)[O-])cc12. The summed E-state index contributed by atoms with van der Waals surface area (Å²) in [7, 11) is -3.52. The van der Waals surface area contributed by atoms with Crippen molar-refractivity contribution >= 4 is 43.5 Å². The van der Waals surface area contributed by atoms with Crippen molar-refractivity contribution in [3.63, 3.8) is 0 Å². The highest BCUT2D eigenvalue weighted by atomic mass is 28.4. The van der Waals surface area contributed by atoms with Crippen molar-refractivity contribution in [2.24, 2.45) is 5.92 Å². The minimum absolute atomic E-state index is 0.120. The monoisotopic (exact) mass is 748 g/mol. The molecule has 2 aliphatic heterocycles. The molecule has 54 heavy (non-hydrogen) atoms. The molecule has 0 aliphatic carbocycles. The van der Waals surface area contributed by atoms with E-state index >= 15 is 4.11 Å². The summed E-state index contributed by atoms with van der Waals surface area (Å²) in [5.74, 6) is -1.42. The first kappa shape index (κ1) is 36.8. The number of nitro benzene ring substituents is 1. The smallest absolute Gasteiger partial charge is 0.269 e. The fourth-order valence-electron chi connectivity index (χ4n) is 8.28. The van der Waals surface area contributed by atoms with Crippen LogP contribution in [0.1, 0.15) is 41.6 Å². The molecule has 278 valence electrons. The van der Waals surface area contributed by atoms with Crippen molar-refractivity contribution in [2.75, 3.05) is 16.4 Å². The molecule has 1 saturated heterocycles. The summed E-state index contributed by atoms with van der Waals surface area (Å²) < 4.78 is 24.9. The maximum Gasteiger partial charge on any atom is 0.269 e. The van der Waals surface area contributed by atoms with Gasteiger partial charge in [-0.25, -0.2) is 0 Å². The van der Waals surface area contributed by atoms with Gasteiger partial charge in [-0.2, -0.15) is 0 Å². The van der Waals surface area contributed by atoms with E-state index in [1.807, 2.05) is 79.7 Å². The zero-order valence-electron chi connectivity index (χ0n) is 30.2. The molecule has 2 amide bonds. The van der Waals surface area contributed by atoms with Crippen LogP contribution in [0.3, 0.4) is 0 Å². The second-order valence-electron chi connectivity index (χ2n) is 14.4. The minimum Gasteiger partial charge on any atom is -0.395 e. The summed E-state index contributed by atoms with van der Waals surface area (Å²) >= 11 is 0. The third kappa shape index (κ3) is 6.61. The van der Waals surface area contributed by atoms with Crippen molar-refractivity contribution in [3.8, 4) is 0 Å². The molecule has 7 rings (SSSR count). The molecule has 5 atom stereocenters. The quantitative estimate of drug-likeness (QED) is 0.0445. The van der Waals surface area contributed by atoms with Gasteiger partial charge in [-0.15, -0.1) is 5.10 Å². The Labute approximate surface area is 313 Å². The van der Waals surface area contributed by atoms with Gasteiger partial charge in [0.2, 0.25) is 14.8 Å². The normalized spacial score (nSPS) is 21.3. The summed E-state index contributed by atoms with van der Waals surface area (Å²) in [5, 5.41) is 30.8. The van der Waals surface area contributed by atoms with Crippen LogP contribution >= 0.6 is 0 Å². The minimum atomic E-state index is -3.52. The van der Waals surface area contributed by atoms with Crippen LogP contribution < -0.4 is 9.80 Å². The number of nitrogens with zero attached hydrogens (tertiary/aromatic N) is 6. The van der Waals surface area contributed by atoms with E-state index in [0.717, 1.165) is 17.5 Å². The maximum atomic E-state index is 16.4. The number of hydrogen-bond donors (Lipinski definition) is 1. The Bertz CT molecular complexity index is 2150. The second kappa shape index (κ2) is 14.7. The number of aromatic nitrogens is 3. The van der Waals surface area contributed by atoms with Crippen LogP contribution in [0.15, 0.2) is 109 Å². The molecular weight excluding hydrogens is 708 g/mol. The Balaban J connectivity index is 1.18. The van der Waals surface area contributed by atoms with Gasteiger partial charge in [0.05, 0.1) is 41.5 Å². The Morgan fingerprint density at radius 3 is 2.33 bits per heavy atom. The molecule has 1 spiro atoms. The number of ether oxygens (including phenoxy) is 1. The van der Waals surface area contributed by atoms with E-state index in [9.17, 15) is 24.8 Å². The Morgan fingerprint density at radius 2 is 1.70 bits per heavy atom. The molecule has 0 saturated carbocycles. The number of carbonyl (C=O) groups is 2. The number of para-hydroxylation sites is 1. The van der Waals surface area contributed by atoms with Crippen LogP contribution in [-0.2, 0) is 33.0 Å². The summed E-state index contributed by atoms with van der Waals surface area (Å²) in [6.45, 7) is 5.30. The van der Waals surface area contributed by atoms with Gasteiger partial charge in [-0.1, -0.05) is 72.8 Å². The van der Waals surface area contributed by atoms with Gasteiger partial charge < -0.3 is 18.9 Å². The zero-order valence-corrected chi connectivity index (χ0v) is 31.2. The summed E-state index contributed by atoms with van der Waals surface area (Å²) in [6, 6.07) is 30.3. The number of nitro groups is 1. The lowest BCUT2D eigenvalue weighted by atomic mass is 9.82. The van der Waals surface area contributed by atoms with E-state index in [-0.39, 0.29) is 24.8 Å². The number of anilines is 3. The first-order valence-electron chi connectivity index (χ1n) is 17.9. The second-order valence-corrected chi connectivity index (χ2v) is 18.2. The van der Waals surface area contributed by atoms with E-state index in [1.54, 1.807) is 47.1 Å². The molecule has 2 aliphatic rings. The molecule has 12 nitrogen and oxygen atoms in total. The summed E-state index contributed by atoms with van der Waals surface area (Å²) in [4.78, 5) is 41.4. The summed E-state index contributed by atoms with van der Waals surface area (Å²) in [6.07, 6.45) is 2.10. The number of carbonyl (C=O) groups excluding carboxylic acids is 2. The lowest BCUT2D eigenvalue weighted by Gasteiger charge is -2.31. The van der Waals surface area contributed by atoms with Crippen LogP contribution in [0.4, 0.5) is 26.9 Å². The topological polar surface area (TPSA) is 144 Å². The third-order valence-corrected chi connectivity index (χ3v) is 13.2. The molecule has 3 heterocycles. The number of aliphatic hydroxyl groups excluding tert-OH is 1. The van der Waals surface area contributed by atoms with Crippen LogP contribution in [0.2, 0.25) is 18.6 Å². The van der Waals surface area contributed by atoms with Gasteiger partial charge >= 0.3 is 0 Å². The molecule has 1 N–H and O–H groups in total.